The maximum Gasteiger partial charge on any atom is 0.155 e. The largest absolute Gasteiger partial charge is 0.336 e. The lowest BCUT2D eigenvalue weighted by molar-refractivity contribution is 0.962. The molecule has 4 heteroatoms. The first kappa shape index (κ1) is 21.9. The average molecular weight is 530 g/mol. The molecule has 4 heterocycles. The van der Waals surface area contributed by atoms with Crippen LogP contribution >= 0.6 is 11.3 Å². The molecular weight excluding hydrogens is 506 g/mol. The first-order valence-electron chi connectivity index (χ1n) is 13.6. The van der Waals surface area contributed by atoms with E-state index in [-0.39, 0.29) is 0 Å². The monoisotopic (exact) mass is 529 g/mol. The van der Waals surface area contributed by atoms with E-state index in [0.717, 1.165) is 12.4 Å². The first-order chi connectivity index (χ1) is 19.8. The number of hydrogen-bond acceptors (Lipinski definition) is 3. The molecule has 0 fully saturated rings. The molecule has 0 amide bonds. The average Bonchev–Trinajstić information content (AvgIpc) is 3.56. The highest BCUT2D eigenvalue weighted by atomic mass is 32.1. The van der Waals surface area contributed by atoms with E-state index in [1.165, 1.54) is 70.0 Å². The summed E-state index contributed by atoms with van der Waals surface area (Å²) in [4.78, 5) is 7.43. The van der Waals surface area contributed by atoms with Crippen molar-refractivity contribution in [2.24, 2.45) is 0 Å². The van der Waals surface area contributed by atoms with Gasteiger partial charge in [0.2, 0.25) is 0 Å². The van der Waals surface area contributed by atoms with Gasteiger partial charge in [-0.15, -0.1) is 11.3 Å². The molecule has 0 saturated carbocycles. The van der Waals surface area contributed by atoms with E-state index >= 15 is 0 Å². The Morgan fingerprint density at radius 2 is 1.30 bits per heavy atom. The lowest BCUT2D eigenvalue weighted by Gasteiger charge is -2.33. The van der Waals surface area contributed by atoms with Gasteiger partial charge in [0.05, 0.1) is 15.7 Å². The van der Waals surface area contributed by atoms with Crippen LogP contribution in [0.4, 0.5) is 11.4 Å². The second kappa shape index (κ2) is 8.28. The van der Waals surface area contributed by atoms with Gasteiger partial charge in [-0.25, -0.2) is 4.98 Å². The lowest BCUT2D eigenvalue weighted by atomic mass is 9.93. The second-order valence-electron chi connectivity index (χ2n) is 10.4. The van der Waals surface area contributed by atoms with Gasteiger partial charge in [0.15, 0.2) is 5.82 Å². The standard InChI is InChI=1S/C36H23N3S/c1-2-10-25-23(9-1)22-38(31-14-6-3-11-26(25)31)24-17-18-34-30(21-24)29-19-20-37-36(35(29)40-34)39-32-15-7-4-12-27(32)28-13-5-8-16-33(28)39/h1-21H,22H2. The lowest BCUT2D eigenvalue weighted by Crippen LogP contribution is -2.21. The molecular formula is C36H23N3S. The first-order valence-corrected chi connectivity index (χ1v) is 14.4. The van der Waals surface area contributed by atoms with Crippen LogP contribution in [0.1, 0.15) is 5.56 Å². The Morgan fingerprint density at radius 3 is 2.12 bits per heavy atom. The van der Waals surface area contributed by atoms with Crippen molar-refractivity contribution in [3.05, 3.63) is 133 Å². The fourth-order valence-corrected chi connectivity index (χ4v) is 7.66. The molecule has 0 atom stereocenters. The summed E-state index contributed by atoms with van der Waals surface area (Å²) in [5.41, 5.74) is 8.82. The molecule has 0 spiro atoms. The Hall–Kier alpha value is -4.93. The summed E-state index contributed by atoms with van der Waals surface area (Å²) >= 11 is 1.83. The molecule has 1 aliphatic heterocycles. The molecule has 188 valence electrons. The van der Waals surface area contributed by atoms with Gasteiger partial charge in [0, 0.05) is 55.9 Å². The highest BCUT2D eigenvalue weighted by Crippen LogP contribution is 2.45. The molecule has 9 rings (SSSR count). The Kier molecular flexibility index (Phi) is 4.54. The number of thiophene rings is 1. The van der Waals surface area contributed by atoms with E-state index in [4.69, 9.17) is 4.98 Å². The summed E-state index contributed by atoms with van der Waals surface area (Å²) in [5, 5.41) is 5.03. The van der Waals surface area contributed by atoms with Crippen molar-refractivity contribution in [3.8, 4) is 16.9 Å². The molecule has 1 aliphatic rings. The summed E-state index contributed by atoms with van der Waals surface area (Å²) < 4.78 is 4.83. The van der Waals surface area contributed by atoms with Crippen molar-refractivity contribution in [1.82, 2.24) is 9.55 Å². The van der Waals surface area contributed by atoms with Crippen LogP contribution in [0.5, 0.6) is 0 Å². The number of nitrogens with zero attached hydrogens (tertiary/aromatic N) is 3. The summed E-state index contributed by atoms with van der Waals surface area (Å²) in [5.74, 6) is 0.995. The van der Waals surface area contributed by atoms with E-state index in [2.05, 4.69) is 131 Å². The molecule has 3 aromatic heterocycles. The molecule has 0 aliphatic carbocycles. The minimum absolute atomic E-state index is 0.856. The minimum atomic E-state index is 0.856. The van der Waals surface area contributed by atoms with Gasteiger partial charge in [-0.05, 0) is 53.6 Å². The van der Waals surface area contributed by atoms with Crippen molar-refractivity contribution in [2.75, 3.05) is 4.90 Å². The van der Waals surface area contributed by atoms with E-state index in [9.17, 15) is 0 Å². The molecule has 0 radical (unpaired) electrons. The molecule has 0 saturated heterocycles. The van der Waals surface area contributed by atoms with E-state index < -0.39 is 0 Å². The number of hydrogen-bond donors (Lipinski definition) is 0. The molecule has 3 nitrogen and oxygen atoms in total. The van der Waals surface area contributed by atoms with Gasteiger partial charge in [0.25, 0.3) is 0 Å². The fourth-order valence-electron chi connectivity index (χ4n) is 6.50. The summed E-state index contributed by atoms with van der Waals surface area (Å²) in [6.07, 6.45) is 1.96. The quantitative estimate of drug-likeness (QED) is 0.222. The van der Waals surface area contributed by atoms with Crippen LogP contribution in [0.2, 0.25) is 0 Å². The number of anilines is 2. The van der Waals surface area contributed by atoms with Gasteiger partial charge < -0.3 is 4.90 Å². The summed E-state index contributed by atoms with van der Waals surface area (Å²) in [7, 11) is 0. The second-order valence-corrected chi connectivity index (χ2v) is 11.5. The number of para-hydroxylation sites is 3. The van der Waals surface area contributed by atoms with Gasteiger partial charge in [0.1, 0.15) is 0 Å². The Labute approximate surface area is 235 Å². The van der Waals surface area contributed by atoms with Crippen LogP contribution in [0.25, 0.3) is 58.9 Å². The summed E-state index contributed by atoms with van der Waals surface area (Å²) in [6.45, 7) is 0.856. The van der Waals surface area contributed by atoms with Crippen LogP contribution in [0.3, 0.4) is 0 Å². The third kappa shape index (κ3) is 3.02. The number of fused-ring (bicyclic) bond motifs is 9. The predicted octanol–water partition coefficient (Wildman–Crippen LogP) is 9.87. The van der Waals surface area contributed by atoms with Crippen LogP contribution in [-0.4, -0.2) is 9.55 Å². The molecule has 5 aromatic carbocycles. The highest BCUT2D eigenvalue weighted by molar-refractivity contribution is 7.26. The Balaban J connectivity index is 1.26. The third-order valence-electron chi connectivity index (χ3n) is 8.29. The van der Waals surface area contributed by atoms with Crippen molar-refractivity contribution in [3.63, 3.8) is 0 Å². The normalized spacial score (nSPS) is 12.8. The molecule has 8 aromatic rings. The molecule has 40 heavy (non-hydrogen) atoms. The van der Waals surface area contributed by atoms with Crippen LogP contribution in [0.15, 0.2) is 128 Å². The number of benzene rings is 5. The number of pyridine rings is 1. The maximum absolute atomic E-state index is 4.97. The fraction of sp³-hybridized carbons (Fsp3) is 0.0278. The van der Waals surface area contributed by atoms with Crippen LogP contribution in [0, 0.1) is 0 Å². The van der Waals surface area contributed by atoms with Crippen molar-refractivity contribution < 1.29 is 0 Å². The Morgan fingerprint density at radius 1 is 0.600 bits per heavy atom. The predicted molar refractivity (Wildman–Crippen MR) is 169 cm³/mol. The summed E-state index contributed by atoms with van der Waals surface area (Å²) in [6, 6.07) is 43.9. The van der Waals surface area contributed by atoms with E-state index in [0.29, 0.717) is 0 Å². The van der Waals surface area contributed by atoms with Crippen molar-refractivity contribution in [2.45, 2.75) is 6.54 Å². The number of aromatic nitrogens is 2. The zero-order valence-electron chi connectivity index (χ0n) is 21.6. The van der Waals surface area contributed by atoms with Gasteiger partial charge in [-0.2, -0.15) is 0 Å². The smallest absolute Gasteiger partial charge is 0.155 e. The van der Waals surface area contributed by atoms with Gasteiger partial charge in [-0.3, -0.25) is 4.57 Å². The van der Waals surface area contributed by atoms with Crippen molar-refractivity contribution >= 4 is 64.7 Å². The van der Waals surface area contributed by atoms with Crippen molar-refractivity contribution in [1.29, 1.82) is 0 Å². The number of rotatable bonds is 2. The van der Waals surface area contributed by atoms with Crippen LogP contribution in [-0.2, 0) is 6.54 Å². The van der Waals surface area contributed by atoms with E-state index in [1.807, 2.05) is 17.5 Å². The minimum Gasteiger partial charge on any atom is -0.336 e. The third-order valence-corrected chi connectivity index (χ3v) is 9.47. The molecule has 0 unspecified atom stereocenters. The zero-order chi connectivity index (χ0) is 26.2. The highest BCUT2D eigenvalue weighted by Gasteiger charge is 2.23. The maximum atomic E-state index is 4.97. The van der Waals surface area contributed by atoms with E-state index in [1.54, 1.807) is 0 Å². The molecule has 0 bridgehead atoms. The van der Waals surface area contributed by atoms with Gasteiger partial charge >= 0.3 is 0 Å². The topological polar surface area (TPSA) is 21.1 Å². The van der Waals surface area contributed by atoms with Crippen LogP contribution < -0.4 is 4.90 Å². The zero-order valence-corrected chi connectivity index (χ0v) is 22.4. The molecule has 0 N–H and O–H groups in total. The SMILES string of the molecule is c1ccc2c(c1)CN(c1ccc3sc4c(-n5c6ccccc6c6ccccc65)nccc4c3c1)c1ccccc1-2. The Bertz CT molecular complexity index is 2220. The van der Waals surface area contributed by atoms with Gasteiger partial charge in [-0.1, -0.05) is 78.9 Å².